The van der Waals surface area contributed by atoms with Gasteiger partial charge in [-0.3, -0.25) is 0 Å². The summed E-state index contributed by atoms with van der Waals surface area (Å²) in [6, 6.07) is 11.9. The van der Waals surface area contributed by atoms with E-state index in [9.17, 15) is 9.90 Å². The van der Waals surface area contributed by atoms with E-state index in [1.807, 2.05) is 6.92 Å². The van der Waals surface area contributed by atoms with Crippen molar-refractivity contribution < 1.29 is 19.4 Å². The summed E-state index contributed by atoms with van der Waals surface area (Å²) in [5.41, 5.74) is 1.34. The highest BCUT2D eigenvalue weighted by atomic mass is 35.5. The molecule has 0 atom stereocenters. The summed E-state index contributed by atoms with van der Waals surface area (Å²) >= 11 is 6.02. The summed E-state index contributed by atoms with van der Waals surface area (Å²) < 4.78 is 10.6. The number of ether oxygens (including phenoxy) is 2. The Morgan fingerprint density at radius 3 is 2.48 bits per heavy atom. The van der Waals surface area contributed by atoms with Crippen molar-refractivity contribution in [2.24, 2.45) is 0 Å². The first kappa shape index (κ1) is 16.9. The smallest absolute Gasteiger partial charge is 0.336 e. The molecule has 1 N–H and O–H groups in total. The minimum atomic E-state index is -1.03. The van der Waals surface area contributed by atoms with Gasteiger partial charge in [0.25, 0.3) is 0 Å². The van der Waals surface area contributed by atoms with Crippen LogP contribution in [0.3, 0.4) is 0 Å². The second-order valence-corrected chi connectivity index (χ2v) is 5.14. The SMILES string of the molecule is CCOc1ccc(Cl)cc1/C=C(\C(=O)O)c1ccc(OC)cc1. The van der Waals surface area contributed by atoms with Crippen LogP contribution in [0.15, 0.2) is 42.5 Å². The van der Waals surface area contributed by atoms with Gasteiger partial charge in [-0.05, 0) is 48.9 Å². The van der Waals surface area contributed by atoms with Crippen molar-refractivity contribution >= 4 is 29.2 Å². The van der Waals surface area contributed by atoms with E-state index < -0.39 is 5.97 Å². The first-order valence-electron chi connectivity index (χ1n) is 7.07. The first-order chi connectivity index (χ1) is 11.0. The standard InChI is InChI=1S/C18H17ClO4/c1-3-23-17-9-6-14(19)10-13(17)11-16(18(20)21)12-4-7-15(22-2)8-5-12/h4-11H,3H2,1-2H3,(H,20,21)/b16-11-. The van der Waals surface area contributed by atoms with Gasteiger partial charge in [0.15, 0.2) is 0 Å². The zero-order valence-corrected chi connectivity index (χ0v) is 13.6. The van der Waals surface area contributed by atoms with Crippen LogP contribution >= 0.6 is 11.6 Å². The van der Waals surface area contributed by atoms with Gasteiger partial charge in [-0.1, -0.05) is 23.7 Å². The summed E-state index contributed by atoms with van der Waals surface area (Å²) in [4.78, 5) is 11.6. The maximum Gasteiger partial charge on any atom is 0.336 e. The van der Waals surface area contributed by atoms with E-state index in [0.29, 0.717) is 34.3 Å². The summed E-state index contributed by atoms with van der Waals surface area (Å²) in [6.45, 7) is 2.34. The largest absolute Gasteiger partial charge is 0.497 e. The lowest BCUT2D eigenvalue weighted by atomic mass is 10.0. The molecule has 0 unspecified atom stereocenters. The fraction of sp³-hybridized carbons (Fsp3) is 0.167. The molecule has 0 heterocycles. The lowest BCUT2D eigenvalue weighted by Crippen LogP contribution is -2.01. The van der Waals surface area contributed by atoms with Crippen molar-refractivity contribution in [3.05, 3.63) is 58.6 Å². The average Bonchev–Trinajstić information content (AvgIpc) is 2.55. The Balaban J connectivity index is 2.50. The molecule has 0 aromatic heterocycles. The van der Waals surface area contributed by atoms with Crippen molar-refractivity contribution in [3.63, 3.8) is 0 Å². The van der Waals surface area contributed by atoms with Crippen LogP contribution in [-0.4, -0.2) is 24.8 Å². The van der Waals surface area contributed by atoms with Gasteiger partial charge in [0.2, 0.25) is 0 Å². The summed E-state index contributed by atoms with van der Waals surface area (Å²) in [6.07, 6.45) is 1.56. The summed E-state index contributed by atoms with van der Waals surface area (Å²) in [5.74, 6) is 0.220. The normalized spacial score (nSPS) is 11.2. The fourth-order valence-corrected chi connectivity index (χ4v) is 2.29. The third kappa shape index (κ3) is 4.27. The van der Waals surface area contributed by atoms with Gasteiger partial charge in [-0.2, -0.15) is 0 Å². The maximum absolute atomic E-state index is 11.6. The molecule has 4 nitrogen and oxygen atoms in total. The molecule has 2 aromatic carbocycles. The number of methoxy groups -OCH3 is 1. The molecule has 5 heteroatoms. The van der Waals surface area contributed by atoms with E-state index in [1.54, 1.807) is 55.7 Å². The number of hydrogen-bond acceptors (Lipinski definition) is 3. The number of rotatable bonds is 6. The number of halogens is 1. The second kappa shape index (κ2) is 7.70. The molecule has 0 aliphatic carbocycles. The monoisotopic (exact) mass is 332 g/mol. The lowest BCUT2D eigenvalue weighted by molar-refractivity contribution is -0.130. The number of aliphatic carboxylic acids is 1. The molecule has 0 aliphatic rings. The average molecular weight is 333 g/mol. The van der Waals surface area contributed by atoms with Crippen molar-refractivity contribution in [1.29, 1.82) is 0 Å². The van der Waals surface area contributed by atoms with Crippen LogP contribution in [-0.2, 0) is 4.79 Å². The fourth-order valence-electron chi connectivity index (χ4n) is 2.11. The van der Waals surface area contributed by atoms with Crippen LogP contribution in [0.1, 0.15) is 18.1 Å². The minimum Gasteiger partial charge on any atom is -0.497 e. The molecule has 0 fully saturated rings. The van der Waals surface area contributed by atoms with Gasteiger partial charge in [-0.15, -0.1) is 0 Å². The van der Waals surface area contributed by atoms with E-state index in [-0.39, 0.29) is 5.57 Å². The predicted molar refractivity (Wildman–Crippen MR) is 91.1 cm³/mol. The Kier molecular flexibility index (Phi) is 5.66. The van der Waals surface area contributed by atoms with E-state index in [0.717, 1.165) is 0 Å². The van der Waals surface area contributed by atoms with Crippen molar-refractivity contribution in [2.75, 3.05) is 13.7 Å². The topological polar surface area (TPSA) is 55.8 Å². The maximum atomic E-state index is 11.6. The first-order valence-corrected chi connectivity index (χ1v) is 7.44. The molecule has 0 spiro atoms. The number of carboxylic acids is 1. The van der Waals surface area contributed by atoms with Crippen molar-refractivity contribution in [3.8, 4) is 11.5 Å². The molecule has 0 aliphatic heterocycles. The molecule has 0 amide bonds. The van der Waals surface area contributed by atoms with Gasteiger partial charge in [0, 0.05) is 10.6 Å². The Morgan fingerprint density at radius 2 is 1.91 bits per heavy atom. The molecule has 0 bridgehead atoms. The molecule has 2 rings (SSSR count). The number of benzene rings is 2. The predicted octanol–water partition coefficient (Wildman–Crippen LogP) is 4.37. The highest BCUT2D eigenvalue weighted by molar-refractivity contribution is 6.31. The van der Waals surface area contributed by atoms with Crippen LogP contribution in [0.25, 0.3) is 11.6 Å². The highest BCUT2D eigenvalue weighted by Crippen LogP contribution is 2.28. The third-order valence-corrected chi connectivity index (χ3v) is 3.44. The molecule has 0 saturated heterocycles. The highest BCUT2D eigenvalue weighted by Gasteiger charge is 2.13. The van der Waals surface area contributed by atoms with Gasteiger partial charge in [-0.25, -0.2) is 4.79 Å². The van der Waals surface area contributed by atoms with Crippen LogP contribution < -0.4 is 9.47 Å². The molecule has 0 radical (unpaired) electrons. The van der Waals surface area contributed by atoms with E-state index in [2.05, 4.69) is 0 Å². The summed E-state index contributed by atoms with van der Waals surface area (Å²) in [5, 5.41) is 10.0. The zero-order valence-electron chi connectivity index (χ0n) is 12.9. The Bertz CT molecular complexity index is 720. The van der Waals surface area contributed by atoms with E-state index in [1.165, 1.54) is 0 Å². The molecular formula is C18H17ClO4. The molecule has 2 aromatic rings. The van der Waals surface area contributed by atoms with Crippen LogP contribution in [0.2, 0.25) is 5.02 Å². The Labute approximate surface area is 139 Å². The Morgan fingerprint density at radius 1 is 1.22 bits per heavy atom. The third-order valence-electron chi connectivity index (χ3n) is 3.20. The van der Waals surface area contributed by atoms with E-state index in [4.69, 9.17) is 21.1 Å². The quantitative estimate of drug-likeness (QED) is 0.630. The van der Waals surface area contributed by atoms with Crippen LogP contribution in [0.5, 0.6) is 11.5 Å². The number of carboxylic acid groups (broad SMARTS) is 1. The molecule has 23 heavy (non-hydrogen) atoms. The molecule has 0 saturated carbocycles. The van der Waals surface area contributed by atoms with Gasteiger partial charge in [0.1, 0.15) is 11.5 Å². The van der Waals surface area contributed by atoms with E-state index >= 15 is 0 Å². The van der Waals surface area contributed by atoms with Crippen molar-refractivity contribution in [2.45, 2.75) is 6.92 Å². The van der Waals surface area contributed by atoms with Crippen LogP contribution in [0.4, 0.5) is 0 Å². The van der Waals surface area contributed by atoms with Crippen molar-refractivity contribution in [1.82, 2.24) is 0 Å². The molecule has 120 valence electrons. The summed E-state index contributed by atoms with van der Waals surface area (Å²) in [7, 11) is 1.56. The second-order valence-electron chi connectivity index (χ2n) is 4.71. The number of hydrogen-bond donors (Lipinski definition) is 1. The zero-order chi connectivity index (χ0) is 16.8. The molecular weight excluding hydrogens is 316 g/mol. The van der Waals surface area contributed by atoms with Crippen LogP contribution in [0, 0.1) is 0 Å². The van der Waals surface area contributed by atoms with Gasteiger partial charge in [0.05, 0.1) is 19.3 Å². The lowest BCUT2D eigenvalue weighted by Gasteiger charge is -2.10. The minimum absolute atomic E-state index is 0.149. The van der Waals surface area contributed by atoms with Gasteiger partial charge < -0.3 is 14.6 Å². The Hall–Kier alpha value is -2.46. The van der Waals surface area contributed by atoms with Gasteiger partial charge >= 0.3 is 5.97 Å². The number of carbonyl (C=O) groups is 1.